The van der Waals surface area contributed by atoms with Crippen LogP contribution in [0.5, 0.6) is 11.5 Å². The molecule has 0 radical (unpaired) electrons. The van der Waals surface area contributed by atoms with Crippen molar-refractivity contribution in [3.63, 3.8) is 0 Å². The molecule has 2 aromatic carbocycles. The maximum absolute atomic E-state index is 12.7. The molecule has 1 aliphatic heterocycles. The highest BCUT2D eigenvalue weighted by molar-refractivity contribution is 6.05. The fraction of sp³-hybridized carbons (Fsp3) is 0.318. The molecule has 1 aliphatic rings. The van der Waals surface area contributed by atoms with Crippen molar-refractivity contribution in [3.05, 3.63) is 54.1 Å². The van der Waals surface area contributed by atoms with Gasteiger partial charge in [-0.2, -0.15) is 0 Å². The summed E-state index contributed by atoms with van der Waals surface area (Å²) in [5, 5.41) is 5.44. The van der Waals surface area contributed by atoms with Gasteiger partial charge in [0.15, 0.2) is 11.5 Å². The van der Waals surface area contributed by atoms with Gasteiger partial charge in [-0.05, 0) is 31.0 Å². The monoisotopic (exact) mass is 411 g/mol. The number of amides is 4. The zero-order chi connectivity index (χ0) is 21.7. The van der Waals surface area contributed by atoms with Gasteiger partial charge in [-0.25, -0.2) is 4.79 Å². The summed E-state index contributed by atoms with van der Waals surface area (Å²) in [7, 11) is 3.05. The molecule has 8 heteroatoms. The fourth-order valence-electron chi connectivity index (χ4n) is 3.40. The van der Waals surface area contributed by atoms with Gasteiger partial charge < -0.3 is 20.1 Å². The summed E-state index contributed by atoms with van der Waals surface area (Å²) in [6.07, 6.45) is 0.292. The van der Waals surface area contributed by atoms with Gasteiger partial charge in [0.25, 0.3) is 5.91 Å². The highest BCUT2D eigenvalue weighted by Gasteiger charge is 2.40. The predicted octanol–water partition coefficient (Wildman–Crippen LogP) is 3.10. The van der Waals surface area contributed by atoms with E-state index in [-0.39, 0.29) is 30.7 Å². The second kappa shape index (κ2) is 9.30. The van der Waals surface area contributed by atoms with Crippen molar-refractivity contribution in [3.8, 4) is 11.5 Å². The van der Waals surface area contributed by atoms with Crippen molar-refractivity contribution in [2.45, 2.75) is 31.8 Å². The summed E-state index contributed by atoms with van der Waals surface area (Å²) in [6, 6.07) is 12.8. The van der Waals surface area contributed by atoms with E-state index in [1.807, 2.05) is 30.3 Å². The first-order valence-electron chi connectivity index (χ1n) is 9.65. The summed E-state index contributed by atoms with van der Waals surface area (Å²) >= 11 is 0. The van der Waals surface area contributed by atoms with Crippen LogP contribution in [-0.4, -0.2) is 43.0 Å². The Kier molecular flexibility index (Phi) is 6.56. The first-order valence-corrected chi connectivity index (χ1v) is 9.65. The lowest BCUT2D eigenvalue weighted by Gasteiger charge is -2.21. The normalized spacial score (nSPS) is 16.8. The lowest BCUT2D eigenvalue weighted by molar-refractivity contribution is -0.129. The summed E-state index contributed by atoms with van der Waals surface area (Å²) in [6.45, 7) is 1.80. The van der Waals surface area contributed by atoms with Crippen molar-refractivity contribution in [1.29, 1.82) is 0 Å². The van der Waals surface area contributed by atoms with Crippen molar-refractivity contribution < 1.29 is 23.9 Å². The van der Waals surface area contributed by atoms with E-state index < -0.39 is 12.1 Å². The van der Waals surface area contributed by atoms with Crippen molar-refractivity contribution >= 4 is 23.5 Å². The molecule has 0 unspecified atom stereocenters. The number of urea groups is 1. The van der Waals surface area contributed by atoms with E-state index in [9.17, 15) is 14.4 Å². The topological polar surface area (TPSA) is 97.0 Å². The van der Waals surface area contributed by atoms with Crippen molar-refractivity contribution in [2.75, 3.05) is 19.5 Å². The van der Waals surface area contributed by atoms with Gasteiger partial charge in [-0.3, -0.25) is 14.5 Å². The van der Waals surface area contributed by atoms with Crippen LogP contribution in [0.3, 0.4) is 0 Å². The zero-order valence-corrected chi connectivity index (χ0v) is 17.2. The van der Waals surface area contributed by atoms with E-state index in [2.05, 4.69) is 10.6 Å². The highest BCUT2D eigenvalue weighted by atomic mass is 16.5. The minimum Gasteiger partial charge on any atom is -0.493 e. The summed E-state index contributed by atoms with van der Waals surface area (Å²) in [4.78, 5) is 38.6. The number of methoxy groups -OCH3 is 2. The van der Waals surface area contributed by atoms with Crippen molar-refractivity contribution in [1.82, 2.24) is 10.2 Å². The molecule has 0 aromatic heterocycles. The van der Waals surface area contributed by atoms with Gasteiger partial charge in [-0.15, -0.1) is 0 Å². The van der Waals surface area contributed by atoms with Crippen LogP contribution in [0.25, 0.3) is 0 Å². The first kappa shape index (κ1) is 21.2. The van der Waals surface area contributed by atoms with Gasteiger partial charge >= 0.3 is 6.03 Å². The fourth-order valence-corrected chi connectivity index (χ4v) is 3.40. The number of benzene rings is 2. The maximum Gasteiger partial charge on any atom is 0.325 e. The minimum absolute atomic E-state index is 0.0819. The van der Waals surface area contributed by atoms with Crippen LogP contribution in [0.1, 0.15) is 31.4 Å². The highest BCUT2D eigenvalue weighted by Crippen LogP contribution is 2.30. The average Bonchev–Trinajstić information content (AvgIpc) is 3.05. The van der Waals surface area contributed by atoms with Crippen molar-refractivity contribution in [2.24, 2.45) is 0 Å². The lowest BCUT2D eigenvalue weighted by Crippen LogP contribution is -2.34. The number of nitrogens with one attached hydrogen (secondary N) is 2. The second-order valence-electron chi connectivity index (χ2n) is 6.95. The molecular weight excluding hydrogens is 386 g/mol. The third kappa shape index (κ3) is 4.53. The van der Waals surface area contributed by atoms with Gasteiger partial charge in [0.1, 0.15) is 6.04 Å². The number of nitrogens with zero attached hydrogens (tertiary/aromatic N) is 1. The summed E-state index contributed by atoms with van der Waals surface area (Å²) < 4.78 is 10.4. The van der Waals surface area contributed by atoms with Gasteiger partial charge in [0, 0.05) is 18.2 Å². The van der Waals surface area contributed by atoms with Crippen LogP contribution in [0.4, 0.5) is 10.5 Å². The lowest BCUT2D eigenvalue weighted by atomic mass is 10.1. The smallest absolute Gasteiger partial charge is 0.325 e. The number of carbonyl (C=O) groups excluding carboxylic acids is 3. The number of imide groups is 1. The molecule has 158 valence electrons. The molecule has 3 rings (SSSR count). The molecule has 0 bridgehead atoms. The Labute approximate surface area is 175 Å². The SMILES string of the molecule is COc1ccc(NC(=O)CC[C@@H]2NC(=O)N([C@@H](C)c3ccccc3)C2=O)cc1OC. The Balaban J connectivity index is 1.58. The maximum atomic E-state index is 12.7. The number of ether oxygens (including phenoxy) is 2. The number of carbonyl (C=O) groups is 3. The third-order valence-electron chi connectivity index (χ3n) is 5.05. The van der Waals surface area contributed by atoms with E-state index in [4.69, 9.17) is 9.47 Å². The molecule has 0 spiro atoms. The quantitative estimate of drug-likeness (QED) is 0.651. The van der Waals surface area contributed by atoms with Gasteiger partial charge in [-0.1, -0.05) is 30.3 Å². The van der Waals surface area contributed by atoms with E-state index >= 15 is 0 Å². The van der Waals surface area contributed by atoms with Gasteiger partial charge in [0.05, 0.1) is 20.3 Å². The zero-order valence-electron chi connectivity index (χ0n) is 17.2. The van der Waals surface area contributed by atoms with Gasteiger partial charge in [0.2, 0.25) is 5.91 Å². The van der Waals surface area contributed by atoms with E-state index in [1.165, 1.54) is 19.1 Å². The number of hydrogen-bond donors (Lipinski definition) is 2. The molecule has 1 saturated heterocycles. The molecule has 2 aromatic rings. The standard InChI is InChI=1S/C22H25N3O5/c1-14(15-7-5-4-6-8-15)25-21(27)17(24-22(25)28)10-12-20(26)23-16-9-11-18(29-2)19(13-16)30-3/h4-9,11,13-14,17H,10,12H2,1-3H3,(H,23,26)(H,24,28)/t14-,17-/m0/s1. The van der Waals surface area contributed by atoms with Crippen LogP contribution in [0.2, 0.25) is 0 Å². The molecule has 2 atom stereocenters. The van der Waals surface area contributed by atoms with Crippen LogP contribution in [0, 0.1) is 0 Å². The Hall–Kier alpha value is -3.55. The molecule has 1 heterocycles. The average molecular weight is 411 g/mol. The Bertz CT molecular complexity index is 932. The molecule has 2 N–H and O–H groups in total. The van der Waals surface area contributed by atoms with Crippen LogP contribution in [0.15, 0.2) is 48.5 Å². The Morgan fingerprint density at radius 3 is 2.47 bits per heavy atom. The Morgan fingerprint density at radius 2 is 1.80 bits per heavy atom. The van der Waals surface area contributed by atoms with Crippen LogP contribution >= 0.6 is 0 Å². The predicted molar refractivity (Wildman–Crippen MR) is 111 cm³/mol. The largest absolute Gasteiger partial charge is 0.493 e. The molecular formula is C22H25N3O5. The minimum atomic E-state index is -0.722. The van der Waals surface area contributed by atoms with Crippen LogP contribution < -0.4 is 20.1 Å². The van der Waals surface area contributed by atoms with E-state index in [0.29, 0.717) is 17.2 Å². The molecule has 4 amide bonds. The van der Waals surface area contributed by atoms with E-state index in [1.54, 1.807) is 25.1 Å². The van der Waals surface area contributed by atoms with Crippen LogP contribution in [-0.2, 0) is 9.59 Å². The number of anilines is 1. The number of hydrogen-bond acceptors (Lipinski definition) is 5. The summed E-state index contributed by atoms with van der Waals surface area (Å²) in [5.41, 5.74) is 1.42. The molecule has 0 saturated carbocycles. The third-order valence-corrected chi connectivity index (χ3v) is 5.05. The molecule has 30 heavy (non-hydrogen) atoms. The summed E-state index contributed by atoms with van der Waals surface area (Å²) in [5.74, 6) is 0.468. The van der Waals surface area contributed by atoms with E-state index in [0.717, 1.165) is 5.56 Å². The molecule has 8 nitrogen and oxygen atoms in total. The second-order valence-corrected chi connectivity index (χ2v) is 6.95. The molecule has 0 aliphatic carbocycles. The Morgan fingerprint density at radius 1 is 1.10 bits per heavy atom. The molecule has 1 fully saturated rings. The first-order chi connectivity index (χ1) is 14.4. The number of rotatable bonds is 8.